The highest BCUT2D eigenvalue weighted by Crippen LogP contribution is 2.31. The molecule has 0 aliphatic carbocycles. The highest BCUT2D eigenvalue weighted by Gasteiger charge is 2.18. The van der Waals surface area contributed by atoms with Crippen molar-refractivity contribution in [2.24, 2.45) is 0 Å². The van der Waals surface area contributed by atoms with Crippen molar-refractivity contribution in [1.82, 2.24) is 0 Å². The van der Waals surface area contributed by atoms with E-state index in [9.17, 15) is 8.42 Å². The van der Waals surface area contributed by atoms with Gasteiger partial charge in [0.15, 0.2) is 0 Å². The van der Waals surface area contributed by atoms with Gasteiger partial charge in [0.2, 0.25) is 9.84 Å². The molecule has 0 aliphatic rings. The molecule has 36 heavy (non-hydrogen) atoms. The molecule has 4 aromatic carbocycles. The van der Waals surface area contributed by atoms with E-state index in [2.05, 4.69) is 0 Å². The number of aryl methyl sites for hydroxylation is 1. The lowest BCUT2D eigenvalue weighted by Crippen LogP contribution is -2.02. The standard InChI is InChI=1S/C31H28O4S/c1-4-8-24-10-6-7-11-30(24)34-26-14-18-28(19-15-26)36(32,33)29-20-16-27(17-21-29)35-31-22-23(3)12-13-25(31)9-5-2/h4-22H,1-3H3/b8-4+,9-5+. The van der Waals surface area contributed by atoms with Gasteiger partial charge in [-0.25, -0.2) is 8.42 Å². The fourth-order valence-electron chi connectivity index (χ4n) is 3.70. The third-order valence-electron chi connectivity index (χ3n) is 5.50. The minimum Gasteiger partial charge on any atom is -0.457 e. The van der Waals surface area contributed by atoms with Gasteiger partial charge in [-0.2, -0.15) is 0 Å². The Morgan fingerprint density at radius 2 is 1.11 bits per heavy atom. The van der Waals surface area contributed by atoms with Crippen molar-refractivity contribution >= 4 is 22.0 Å². The van der Waals surface area contributed by atoms with E-state index in [-0.39, 0.29) is 9.79 Å². The molecule has 0 spiro atoms. The maximum atomic E-state index is 13.2. The molecule has 0 amide bonds. The molecule has 5 heteroatoms. The zero-order chi connectivity index (χ0) is 25.5. The largest absolute Gasteiger partial charge is 0.457 e. The lowest BCUT2D eigenvalue weighted by Gasteiger charge is -2.12. The van der Waals surface area contributed by atoms with E-state index in [4.69, 9.17) is 9.47 Å². The second-order valence-corrected chi connectivity index (χ2v) is 10.2. The Bertz CT molecular complexity index is 1500. The molecule has 4 rings (SSSR count). The Balaban J connectivity index is 1.52. The molecule has 0 N–H and O–H groups in total. The van der Waals surface area contributed by atoms with E-state index >= 15 is 0 Å². The van der Waals surface area contributed by atoms with Crippen LogP contribution < -0.4 is 9.47 Å². The Kier molecular flexibility index (Phi) is 7.71. The van der Waals surface area contributed by atoms with Crippen molar-refractivity contribution < 1.29 is 17.9 Å². The summed E-state index contributed by atoms with van der Waals surface area (Å²) >= 11 is 0. The van der Waals surface area contributed by atoms with Gasteiger partial charge in [-0.3, -0.25) is 0 Å². The lowest BCUT2D eigenvalue weighted by atomic mass is 10.1. The number of hydrogen-bond donors (Lipinski definition) is 0. The van der Waals surface area contributed by atoms with Crippen LogP contribution in [-0.2, 0) is 9.84 Å². The van der Waals surface area contributed by atoms with Crippen molar-refractivity contribution in [3.8, 4) is 23.0 Å². The maximum Gasteiger partial charge on any atom is 0.206 e. The van der Waals surface area contributed by atoms with E-state index < -0.39 is 9.84 Å². The minimum atomic E-state index is -3.69. The van der Waals surface area contributed by atoms with Crippen LogP contribution in [0.1, 0.15) is 30.5 Å². The lowest BCUT2D eigenvalue weighted by molar-refractivity contribution is 0.480. The predicted octanol–water partition coefficient (Wildman–Crippen LogP) is 8.48. The molecule has 0 aromatic heterocycles. The number of ether oxygens (including phenoxy) is 2. The van der Waals surface area contributed by atoms with E-state index in [0.717, 1.165) is 22.4 Å². The number of para-hydroxylation sites is 1. The molecule has 0 fully saturated rings. The van der Waals surface area contributed by atoms with E-state index in [1.54, 1.807) is 48.5 Å². The average molecular weight is 497 g/mol. The highest BCUT2D eigenvalue weighted by molar-refractivity contribution is 7.91. The summed E-state index contributed by atoms with van der Waals surface area (Å²) in [5, 5.41) is 0. The highest BCUT2D eigenvalue weighted by atomic mass is 32.2. The zero-order valence-corrected chi connectivity index (χ0v) is 21.3. The third-order valence-corrected chi connectivity index (χ3v) is 7.29. The van der Waals surface area contributed by atoms with Gasteiger partial charge in [-0.1, -0.05) is 54.6 Å². The number of hydrogen-bond acceptors (Lipinski definition) is 4. The number of benzene rings is 4. The fourth-order valence-corrected chi connectivity index (χ4v) is 4.96. The molecule has 0 saturated carbocycles. The first-order valence-electron chi connectivity index (χ1n) is 11.7. The summed E-state index contributed by atoms with van der Waals surface area (Å²) in [7, 11) is -3.69. The maximum absolute atomic E-state index is 13.2. The minimum absolute atomic E-state index is 0.194. The summed E-state index contributed by atoms with van der Waals surface area (Å²) in [6.07, 6.45) is 7.82. The van der Waals surface area contributed by atoms with Crippen molar-refractivity contribution in [2.45, 2.75) is 30.6 Å². The number of rotatable bonds is 8. The van der Waals surface area contributed by atoms with Crippen LogP contribution in [0.3, 0.4) is 0 Å². The van der Waals surface area contributed by atoms with Crippen molar-refractivity contribution in [1.29, 1.82) is 0 Å². The van der Waals surface area contributed by atoms with Crippen LogP contribution >= 0.6 is 0 Å². The molecule has 182 valence electrons. The van der Waals surface area contributed by atoms with Crippen molar-refractivity contribution in [2.75, 3.05) is 0 Å². The number of allylic oxidation sites excluding steroid dienone is 2. The van der Waals surface area contributed by atoms with Gasteiger partial charge >= 0.3 is 0 Å². The van der Waals surface area contributed by atoms with Gasteiger partial charge in [-0.05, 0) is 87.0 Å². The molecule has 0 heterocycles. The van der Waals surface area contributed by atoms with Crippen molar-refractivity contribution in [3.05, 3.63) is 120 Å². The normalized spacial score (nSPS) is 11.8. The zero-order valence-electron chi connectivity index (χ0n) is 20.5. The van der Waals surface area contributed by atoms with E-state index in [1.807, 2.05) is 87.5 Å². The molecule has 0 aliphatic heterocycles. The first-order valence-corrected chi connectivity index (χ1v) is 13.1. The van der Waals surface area contributed by atoms with Gasteiger partial charge in [-0.15, -0.1) is 0 Å². The SMILES string of the molecule is C/C=C/c1ccccc1Oc1ccc(S(=O)(=O)c2ccc(Oc3cc(C)ccc3/C=C/C)cc2)cc1. The Morgan fingerprint density at radius 3 is 1.67 bits per heavy atom. The summed E-state index contributed by atoms with van der Waals surface area (Å²) in [4.78, 5) is 0.388. The monoisotopic (exact) mass is 496 g/mol. The Hall–Kier alpha value is -4.09. The van der Waals surface area contributed by atoms with E-state index in [1.165, 1.54) is 0 Å². The van der Waals surface area contributed by atoms with Crippen LogP contribution in [0.5, 0.6) is 23.0 Å². The van der Waals surface area contributed by atoms with E-state index in [0.29, 0.717) is 17.2 Å². The molecule has 0 unspecified atom stereocenters. The fraction of sp³-hybridized carbons (Fsp3) is 0.0968. The van der Waals surface area contributed by atoms with Crippen LogP contribution in [0.4, 0.5) is 0 Å². The topological polar surface area (TPSA) is 52.6 Å². The van der Waals surface area contributed by atoms with Gasteiger partial charge in [0.25, 0.3) is 0 Å². The van der Waals surface area contributed by atoms with Crippen LogP contribution in [0.15, 0.2) is 113 Å². The molecular weight excluding hydrogens is 468 g/mol. The molecule has 4 nitrogen and oxygen atoms in total. The second-order valence-electron chi connectivity index (χ2n) is 8.23. The molecule has 4 aromatic rings. The van der Waals surface area contributed by atoms with Crippen LogP contribution in [0.2, 0.25) is 0 Å². The van der Waals surface area contributed by atoms with Gasteiger partial charge in [0.1, 0.15) is 23.0 Å². The summed E-state index contributed by atoms with van der Waals surface area (Å²) in [6.45, 7) is 5.89. The summed E-state index contributed by atoms with van der Waals surface area (Å²) in [6, 6.07) is 26.6. The van der Waals surface area contributed by atoms with Crippen LogP contribution in [0, 0.1) is 6.92 Å². The summed E-state index contributed by atoms with van der Waals surface area (Å²) in [5.41, 5.74) is 2.98. The molecule has 0 saturated heterocycles. The second kappa shape index (κ2) is 11.1. The first kappa shape index (κ1) is 25.0. The van der Waals surface area contributed by atoms with Gasteiger partial charge in [0.05, 0.1) is 9.79 Å². The predicted molar refractivity (Wildman–Crippen MR) is 146 cm³/mol. The van der Waals surface area contributed by atoms with Gasteiger partial charge in [0, 0.05) is 11.1 Å². The molecule has 0 radical (unpaired) electrons. The summed E-state index contributed by atoms with van der Waals surface area (Å²) < 4.78 is 38.4. The molecule has 0 atom stereocenters. The van der Waals surface area contributed by atoms with Crippen molar-refractivity contribution in [3.63, 3.8) is 0 Å². The third kappa shape index (κ3) is 5.75. The van der Waals surface area contributed by atoms with Crippen LogP contribution in [-0.4, -0.2) is 8.42 Å². The van der Waals surface area contributed by atoms with Crippen LogP contribution in [0.25, 0.3) is 12.2 Å². The smallest absolute Gasteiger partial charge is 0.206 e. The first-order chi connectivity index (χ1) is 17.4. The van der Waals surface area contributed by atoms with Gasteiger partial charge < -0.3 is 9.47 Å². The number of sulfone groups is 1. The summed E-state index contributed by atoms with van der Waals surface area (Å²) in [5.74, 6) is 2.54. The molecular formula is C31H28O4S. The Morgan fingerprint density at radius 1 is 0.611 bits per heavy atom. The average Bonchev–Trinajstić information content (AvgIpc) is 2.88. The Labute approximate surface area is 213 Å². The quantitative estimate of drug-likeness (QED) is 0.245. The molecule has 0 bridgehead atoms.